The summed E-state index contributed by atoms with van der Waals surface area (Å²) in [5, 5.41) is 4.95. The Labute approximate surface area is 357 Å². The van der Waals surface area contributed by atoms with E-state index in [9.17, 15) is 21.6 Å². The molecule has 14 nitrogen and oxygen atoms in total. The second kappa shape index (κ2) is 17.5. The average Bonchev–Trinajstić information content (AvgIpc) is 3.85. The van der Waals surface area contributed by atoms with Crippen LogP contribution in [-0.4, -0.2) is 104 Å². The number of aromatic nitrogens is 2. The van der Waals surface area contributed by atoms with Gasteiger partial charge in [-0.05, 0) is 131 Å². The molecule has 16 heteroatoms. The number of piperazine rings is 2. The molecule has 2 aliphatic rings. The van der Waals surface area contributed by atoms with Crippen molar-refractivity contribution in [3.05, 3.63) is 107 Å². The first-order valence-electron chi connectivity index (χ1n) is 20.3. The first-order valence-corrected chi connectivity index (χ1v) is 23.2. The van der Waals surface area contributed by atoms with Gasteiger partial charge in [0.05, 0.1) is 0 Å². The second-order valence-electron chi connectivity index (χ2n) is 16.6. The fourth-order valence-electron chi connectivity index (χ4n) is 7.52. The molecular formula is C45H54N6O8S2. The van der Waals surface area contributed by atoms with Crippen molar-refractivity contribution in [3.8, 4) is 23.0 Å². The molecule has 0 aliphatic carbocycles. The largest absolute Gasteiger partial charge is 0.456 e. The van der Waals surface area contributed by atoms with E-state index >= 15 is 0 Å². The quantitative estimate of drug-likeness (QED) is 0.137. The molecule has 8 rings (SSSR count). The molecule has 0 atom stereocenters. The summed E-state index contributed by atoms with van der Waals surface area (Å²) >= 11 is 0. The number of rotatable bonds is 8. The van der Waals surface area contributed by atoms with Crippen LogP contribution in [0.4, 0.5) is 4.79 Å². The molecule has 0 spiro atoms. The Hall–Kier alpha value is -5.39. The molecule has 0 bridgehead atoms. The number of carbonyl (C=O) groups is 1. The second-order valence-corrected chi connectivity index (χ2v) is 20.4. The minimum Gasteiger partial charge on any atom is -0.456 e. The van der Waals surface area contributed by atoms with E-state index in [4.69, 9.17) is 14.2 Å². The molecule has 61 heavy (non-hydrogen) atoms. The van der Waals surface area contributed by atoms with Crippen molar-refractivity contribution in [2.24, 2.45) is 0 Å². The highest BCUT2D eigenvalue weighted by Crippen LogP contribution is 2.37. The van der Waals surface area contributed by atoms with Crippen LogP contribution >= 0.6 is 0 Å². The molecular weight excluding hydrogens is 817 g/mol. The Bertz CT molecular complexity index is 2740. The van der Waals surface area contributed by atoms with Gasteiger partial charge in [-0.25, -0.2) is 21.6 Å². The summed E-state index contributed by atoms with van der Waals surface area (Å²) in [6.45, 7) is 16.4. The fraction of sp³-hybridized carbons (Fsp3) is 0.356. The molecule has 6 aromatic rings. The predicted octanol–water partition coefficient (Wildman–Crippen LogP) is 7.99. The Morgan fingerprint density at radius 1 is 0.574 bits per heavy atom. The number of hydrogen-bond acceptors (Lipinski definition) is 9. The number of aryl methyl sites for hydroxylation is 4. The Kier molecular flexibility index (Phi) is 12.6. The predicted molar refractivity (Wildman–Crippen MR) is 237 cm³/mol. The molecule has 3 N–H and O–H groups in total. The van der Waals surface area contributed by atoms with E-state index in [-0.39, 0.29) is 41.7 Å². The van der Waals surface area contributed by atoms with Crippen LogP contribution in [0.5, 0.6) is 23.0 Å². The van der Waals surface area contributed by atoms with Crippen molar-refractivity contribution in [1.29, 1.82) is 0 Å². The molecule has 4 aromatic carbocycles. The van der Waals surface area contributed by atoms with Crippen molar-refractivity contribution in [3.63, 3.8) is 0 Å². The van der Waals surface area contributed by atoms with E-state index < -0.39 is 31.7 Å². The van der Waals surface area contributed by atoms with Crippen molar-refractivity contribution >= 4 is 47.9 Å². The van der Waals surface area contributed by atoms with Crippen LogP contribution in [0.3, 0.4) is 0 Å². The summed E-state index contributed by atoms with van der Waals surface area (Å²) in [7, 11) is -7.53. The average molecular weight is 871 g/mol. The van der Waals surface area contributed by atoms with Crippen molar-refractivity contribution in [2.45, 2.75) is 63.9 Å². The van der Waals surface area contributed by atoms with Crippen LogP contribution in [0.25, 0.3) is 21.8 Å². The molecule has 2 saturated heterocycles. The smallest absolute Gasteiger partial charge is 0.410 e. The number of ether oxygens (including phenoxy) is 3. The summed E-state index contributed by atoms with van der Waals surface area (Å²) in [6, 6.07) is 22.3. The zero-order chi connectivity index (χ0) is 43.7. The summed E-state index contributed by atoms with van der Waals surface area (Å²) in [5.41, 5.74) is 5.07. The lowest BCUT2D eigenvalue weighted by molar-refractivity contribution is 0.0192. The van der Waals surface area contributed by atoms with E-state index in [0.29, 0.717) is 48.9 Å². The molecule has 2 aromatic heterocycles. The van der Waals surface area contributed by atoms with Crippen LogP contribution in [0.15, 0.2) is 95.0 Å². The lowest BCUT2D eigenvalue weighted by Crippen LogP contribution is -2.51. The Balaban J connectivity index is 0.000000189. The number of carbonyl (C=O) groups excluding carboxylic acids is 1. The van der Waals surface area contributed by atoms with E-state index in [2.05, 4.69) is 21.4 Å². The lowest BCUT2D eigenvalue weighted by Gasteiger charge is -2.35. The highest BCUT2D eigenvalue weighted by Gasteiger charge is 2.34. The molecule has 324 valence electrons. The van der Waals surface area contributed by atoms with Crippen molar-refractivity contribution < 1.29 is 35.8 Å². The maximum Gasteiger partial charge on any atom is 0.410 e. The van der Waals surface area contributed by atoms with Gasteiger partial charge >= 0.3 is 6.09 Å². The Morgan fingerprint density at radius 3 is 1.39 bits per heavy atom. The van der Waals surface area contributed by atoms with Gasteiger partial charge in [0.2, 0.25) is 20.0 Å². The molecule has 0 radical (unpaired) electrons. The third kappa shape index (κ3) is 10.2. The van der Waals surface area contributed by atoms with Crippen LogP contribution < -0.4 is 14.8 Å². The maximum atomic E-state index is 13.7. The normalized spacial score (nSPS) is 15.7. The van der Waals surface area contributed by atoms with E-state index in [0.717, 1.165) is 38.5 Å². The number of fused-ring (bicyclic) bond motifs is 2. The zero-order valence-electron chi connectivity index (χ0n) is 35.7. The number of sulfonamides is 2. The van der Waals surface area contributed by atoms with Gasteiger partial charge in [0.25, 0.3) is 0 Å². The lowest BCUT2D eigenvalue weighted by atomic mass is 10.1. The molecule has 2 aliphatic heterocycles. The molecule has 0 unspecified atom stereocenters. The number of nitrogens with one attached hydrogen (secondary N) is 3. The summed E-state index contributed by atoms with van der Waals surface area (Å²) < 4.78 is 74.6. The van der Waals surface area contributed by atoms with Gasteiger partial charge in [0, 0.05) is 86.6 Å². The first-order chi connectivity index (χ1) is 28.9. The SMILES string of the molecule is Cc1cc(C)cc(Oc2cc3cc[nH]c3cc2S(=O)(=O)N2CCN(C(=O)OC(C)(C)C)CC2)c1.Cc1cc(C)cc(Oc2cc3cc[nH]c3cc2S(=O)(=O)N2CCNCC2)c1. The monoisotopic (exact) mass is 870 g/mol. The molecule has 4 heterocycles. The van der Waals surface area contributed by atoms with Crippen LogP contribution in [-0.2, 0) is 24.8 Å². The van der Waals surface area contributed by atoms with Crippen molar-refractivity contribution in [1.82, 2.24) is 28.8 Å². The fourth-order valence-corrected chi connectivity index (χ4v) is 10.6. The van der Waals surface area contributed by atoms with E-state index in [1.165, 1.54) is 8.61 Å². The van der Waals surface area contributed by atoms with E-state index in [1.54, 1.807) is 62.3 Å². The minimum absolute atomic E-state index is 0.0901. The van der Waals surface area contributed by atoms with Gasteiger partial charge < -0.3 is 34.4 Å². The molecule has 1 amide bonds. The van der Waals surface area contributed by atoms with Crippen molar-refractivity contribution in [2.75, 3.05) is 52.4 Å². The molecule has 0 saturated carbocycles. The number of hydrogen-bond donors (Lipinski definition) is 3. The number of aromatic amines is 2. The standard InChI is InChI=1S/C25H31N3O5S.C20H23N3O3S/c1-17-12-18(2)14-20(13-17)32-22-15-19-6-7-26-21(19)16-23(22)34(30,31)28-10-8-27(9-11-28)24(29)33-25(3,4)5;1-14-9-15(2)11-17(10-14)26-19-12-16-3-4-22-18(16)13-20(19)27(24,25)23-7-5-21-6-8-23/h6-7,12-16,26H,8-11H2,1-5H3;3-4,9-13,21-22H,5-8H2,1-2H3. The third-order valence-electron chi connectivity index (χ3n) is 10.3. The number of nitrogens with zero attached hydrogens (tertiary/aromatic N) is 3. The topological polar surface area (TPSA) is 166 Å². The highest BCUT2D eigenvalue weighted by atomic mass is 32.2. The minimum atomic E-state index is -3.88. The third-order valence-corrected chi connectivity index (χ3v) is 14.1. The van der Waals surface area contributed by atoms with Gasteiger partial charge in [-0.2, -0.15) is 8.61 Å². The van der Waals surface area contributed by atoms with Gasteiger partial charge in [0.15, 0.2) is 0 Å². The van der Waals surface area contributed by atoms with Gasteiger partial charge in [-0.15, -0.1) is 0 Å². The zero-order valence-corrected chi connectivity index (χ0v) is 37.3. The maximum absolute atomic E-state index is 13.7. The first kappa shape index (κ1) is 43.7. The highest BCUT2D eigenvalue weighted by molar-refractivity contribution is 7.89. The number of amides is 1. The van der Waals surface area contributed by atoms with Gasteiger partial charge in [0.1, 0.15) is 38.4 Å². The number of H-pyrrole nitrogens is 2. The Morgan fingerprint density at radius 2 is 0.984 bits per heavy atom. The van der Waals surface area contributed by atoms with Gasteiger partial charge in [-0.1, -0.05) is 12.1 Å². The van der Waals surface area contributed by atoms with Crippen LogP contribution in [0, 0.1) is 27.7 Å². The van der Waals surface area contributed by atoms with Crippen LogP contribution in [0.1, 0.15) is 43.0 Å². The number of benzene rings is 4. The summed E-state index contributed by atoms with van der Waals surface area (Å²) in [4.78, 5) is 20.4. The van der Waals surface area contributed by atoms with Crippen LogP contribution in [0.2, 0.25) is 0 Å². The summed E-state index contributed by atoms with van der Waals surface area (Å²) in [6.07, 6.45) is 3.13. The molecule has 2 fully saturated rings. The summed E-state index contributed by atoms with van der Waals surface area (Å²) in [5.74, 6) is 1.84. The van der Waals surface area contributed by atoms with Gasteiger partial charge in [-0.3, -0.25) is 0 Å². The van der Waals surface area contributed by atoms with E-state index in [1.807, 2.05) is 70.2 Å².